The van der Waals surface area contributed by atoms with Gasteiger partial charge in [-0.25, -0.2) is 4.98 Å². The molecule has 0 bridgehead atoms. The third-order valence-corrected chi connectivity index (χ3v) is 5.43. The maximum absolute atomic E-state index is 6.28. The molecule has 3 unspecified atom stereocenters. The summed E-state index contributed by atoms with van der Waals surface area (Å²) < 4.78 is 0. The van der Waals surface area contributed by atoms with Gasteiger partial charge in [0.05, 0.1) is 5.02 Å². The van der Waals surface area contributed by atoms with E-state index in [2.05, 4.69) is 55.8 Å². The molecule has 2 N–H and O–H groups in total. The van der Waals surface area contributed by atoms with Gasteiger partial charge in [0.15, 0.2) is 5.96 Å². The molecule has 7 heteroatoms. The molecule has 2 heterocycles. The third-order valence-electron chi connectivity index (χ3n) is 5.13. The van der Waals surface area contributed by atoms with Crippen molar-refractivity contribution < 1.29 is 0 Å². The number of nitrogens with zero attached hydrogens (tertiary/aromatic N) is 3. The Kier molecular flexibility index (Phi) is 6.81. The third kappa shape index (κ3) is 4.85. The van der Waals surface area contributed by atoms with Crippen molar-refractivity contribution in [2.24, 2.45) is 4.99 Å². The molecular formula is C20H25ClIN5. The molecule has 0 radical (unpaired) electrons. The number of aliphatic imine (C=N–C) groups is 1. The predicted octanol–water partition coefficient (Wildman–Crippen LogP) is 3.65. The summed E-state index contributed by atoms with van der Waals surface area (Å²) in [6, 6.07) is 15.2. The van der Waals surface area contributed by atoms with E-state index in [9.17, 15) is 0 Å². The Morgan fingerprint density at radius 3 is 2.74 bits per heavy atom. The minimum absolute atomic E-state index is 0. The van der Waals surface area contributed by atoms with Crippen molar-refractivity contribution in [2.75, 3.05) is 25.0 Å². The highest BCUT2D eigenvalue weighted by Gasteiger charge is 2.39. The lowest BCUT2D eigenvalue weighted by molar-refractivity contribution is 0.646. The Morgan fingerprint density at radius 2 is 2.00 bits per heavy atom. The van der Waals surface area contributed by atoms with Gasteiger partial charge in [0.2, 0.25) is 0 Å². The van der Waals surface area contributed by atoms with Crippen LogP contribution in [0.25, 0.3) is 0 Å². The zero-order chi connectivity index (χ0) is 17.9. The average molecular weight is 498 g/mol. The van der Waals surface area contributed by atoms with Crippen molar-refractivity contribution in [1.82, 2.24) is 15.6 Å². The number of anilines is 1. The van der Waals surface area contributed by atoms with Gasteiger partial charge >= 0.3 is 0 Å². The van der Waals surface area contributed by atoms with Crippen molar-refractivity contribution in [3.63, 3.8) is 0 Å². The summed E-state index contributed by atoms with van der Waals surface area (Å²) >= 11 is 6.28. The topological polar surface area (TPSA) is 52.6 Å². The first-order chi connectivity index (χ1) is 12.7. The quantitative estimate of drug-likeness (QED) is 0.385. The number of benzene rings is 1. The van der Waals surface area contributed by atoms with Gasteiger partial charge in [0, 0.05) is 44.3 Å². The lowest BCUT2D eigenvalue weighted by Crippen LogP contribution is -2.45. The summed E-state index contributed by atoms with van der Waals surface area (Å²) in [6.07, 6.45) is 3.99. The first-order valence-electron chi connectivity index (χ1n) is 9.15. The molecule has 2 aromatic rings. The summed E-state index contributed by atoms with van der Waals surface area (Å²) in [6.45, 7) is 1.83. The first-order valence-corrected chi connectivity index (χ1v) is 9.52. The molecule has 2 aliphatic rings. The van der Waals surface area contributed by atoms with Gasteiger partial charge in [0.25, 0.3) is 0 Å². The highest BCUT2D eigenvalue weighted by molar-refractivity contribution is 14.0. The number of rotatable bonds is 4. The number of hydrogen-bond acceptors (Lipinski definition) is 3. The number of halogens is 2. The van der Waals surface area contributed by atoms with E-state index in [1.54, 1.807) is 6.20 Å². The summed E-state index contributed by atoms with van der Waals surface area (Å²) in [5.74, 6) is 2.34. The molecule has 1 saturated carbocycles. The zero-order valence-corrected chi connectivity index (χ0v) is 18.4. The fourth-order valence-electron chi connectivity index (χ4n) is 3.64. The summed E-state index contributed by atoms with van der Waals surface area (Å²) in [4.78, 5) is 11.1. The van der Waals surface area contributed by atoms with Crippen molar-refractivity contribution in [3.8, 4) is 0 Å². The molecule has 27 heavy (non-hydrogen) atoms. The largest absolute Gasteiger partial charge is 0.353 e. The molecule has 1 aliphatic heterocycles. The van der Waals surface area contributed by atoms with Crippen molar-refractivity contribution in [2.45, 2.75) is 30.8 Å². The highest BCUT2D eigenvalue weighted by Crippen LogP contribution is 2.40. The monoisotopic (exact) mass is 497 g/mol. The van der Waals surface area contributed by atoms with E-state index < -0.39 is 0 Å². The highest BCUT2D eigenvalue weighted by atomic mass is 127. The number of aromatic nitrogens is 1. The summed E-state index contributed by atoms with van der Waals surface area (Å²) in [5, 5.41) is 7.82. The summed E-state index contributed by atoms with van der Waals surface area (Å²) in [5.41, 5.74) is 1.40. The molecule has 1 saturated heterocycles. The normalized spacial score (nSPS) is 24.3. The minimum atomic E-state index is 0. The number of guanidine groups is 1. The molecule has 4 rings (SSSR count). The van der Waals surface area contributed by atoms with E-state index in [-0.39, 0.29) is 24.0 Å². The van der Waals surface area contributed by atoms with Crippen molar-refractivity contribution in [3.05, 3.63) is 59.2 Å². The number of nitrogens with one attached hydrogen (secondary N) is 2. The molecule has 2 fully saturated rings. The molecule has 0 spiro atoms. The SMILES string of the molecule is CN=C(NC1CCN(c2ncccc2Cl)C1)NC1CC1c1ccccc1.I. The fourth-order valence-corrected chi connectivity index (χ4v) is 3.88. The van der Waals surface area contributed by atoms with Crippen LogP contribution in [0.1, 0.15) is 24.3 Å². The Balaban J connectivity index is 0.00000210. The average Bonchev–Trinajstić information content (AvgIpc) is 3.29. The maximum atomic E-state index is 6.28. The van der Waals surface area contributed by atoms with Crippen LogP contribution in [-0.4, -0.2) is 43.2 Å². The van der Waals surface area contributed by atoms with E-state index >= 15 is 0 Å². The van der Waals surface area contributed by atoms with Crippen LogP contribution in [0.5, 0.6) is 0 Å². The first kappa shape index (κ1) is 20.2. The molecule has 1 aromatic heterocycles. The van der Waals surface area contributed by atoms with Gasteiger partial charge < -0.3 is 15.5 Å². The van der Waals surface area contributed by atoms with E-state index in [0.717, 1.165) is 37.7 Å². The van der Waals surface area contributed by atoms with Gasteiger partial charge in [-0.3, -0.25) is 4.99 Å². The Morgan fingerprint density at radius 1 is 1.19 bits per heavy atom. The number of pyridine rings is 1. The van der Waals surface area contributed by atoms with E-state index in [1.807, 2.05) is 19.2 Å². The zero-order valence-electron chi connectivity index (χ0n) is 15.3. The molecule has 5 nitrogen and oxygen atoms in total. The van der Waals surface area contributed by atoms with Gasteiger partial charge in [0.1, 0.15) is 5.82 Å². The Hall–Kier alpha value is -1.54. The van der Waals surface area contributed by atoms with Gasteiger partial charge in [-0.2, -0.15) is 0 Å². The van der Waals surface area contributed by atoms with Crippen molar-refractivity contribution >= 4 is 47.4 Å². The van der Waals surface area contributed by atoms with Gasteiger partial charge in [-0.15, -0.1) is 24.0 Å². The molecular weight excluding hydrogens is 473 g/mol. The second kappa shape index (κ2) is 9.10. The maximum Gasteiger partial charge on any atom is 0.191 e. The fraction of sp³-hybridized carbons (Fsp3) is 0.400. The molecule has 1 aromatic carbocycles. The van der Waals surface area contributed by atoms with E-state index in [0.29, 0.717) is 23.0 Å². The van der Waals surface area contributed by atoms with E-state index in [1.165, 1.54) is 5.56 Å². The smallest absolute Gasteiger partial charge is 0.191 e. The van der Waals surface area contributed by atoms with Gasteiger partial charge in [-0.05, 0) is 30.5 Å². The van der Waals surface area contributed by atoms with Crippen LogP contribution >= 0.6 is 35.6 Å². The summed E-state index contributed by atoms with van der Waals surface area (Å²) in [7, 11) is 1.83. The lowest BCUT2D eigenvalue weighted by atomic mass is 10.1. The predicted molar refractivity (Wildman–Crippen MR) is 122 cm³/mol. The van der Waals surface area contributed by atoms with Crippen LogP contribution < -0.4 is 15.5 Å². The standard InChI is InChI=1S/C20H24ClN5.HI/c1-22-20(25-18-12-16(18)14-6-3-2-4-7-14)24-15-9-11-26(13-15)19-17(21)8-5-10-23-19;/h2-8,10,15-16,18H,9,11-13H2,1H3,(H2,22,24,25);1H. The van der Waals surface area contributed by atoms with E-state index in [4.69, 9.17) is 11.6 Å². The van der Waals surface area contributed by atoms with Crippen LogP contribution in [0.4, 0.5) is 5.82 Å². The Labute approximate surface area is 182 Å². The molecule has 3 atom stereocenters. The second-order valence-electron chi connectivity index (χ2n) is 6.96. The minimum Gasteiger partial charge on any atom is -0.353 e. The van der Waals surface area contributed by atoms with Crippen LogP contribution in [0.15, 0.2) is 53.7 Å². The van der Waals surface area contributed by atoms with Crippen LogP contribution in [-0.2, 0) is 0 Å². The molecule has 0 amide bonds. The number of hydrogen-bond donors (Lipinski definition) is 2. The van der Waals surface area contributed by atoms with Gasteiger partial charge in [-0.1, -0.05) is 41.9 Å². The molecule has 1 aliphatic carbocycles. The van der Waals surface area contributed by atoms with Crippen molar-refractivity contribution in [1.29, 1.82) is 0 Å². The lowest BCUT2D eigenvalue weighted by Gasteiger charge is -2.20. The molecule has 144 valence electrons. The van der Waals surface area contributed by atoms with Crippen LogP contribution in [0, 0.1) is 0 Å². The van der Waals surface area contributed by atoms with Crippen LogP contribution in [0.3, 0.4) is 0 Å². The van der Waals surface area contributed by atoms with Crippen LogP contribution in [0.2, 0.25) is 5.02 Å². The second-order valence-corrected chi connectivity index (χ2v) is 7.37. The Bertz CT molecular complexity index is 785.